The Morgan fingerprint density at radius 3 is 2.31 bits per heavy atom. The molecule has 6 heteroatoms. The van der Waals surface area contributed by atoms with Crippen LogP contribution >= 0.6 is 0 Å². The van der Waals surface area contributed by atoms with Gasteiger partial charge >= 0.3 is 0 Å². The Bertz CT molecular complexity index is 1540. The number of fused-ring (bicyclic) bond motifs is 2. The summed E-state index contributed by atoms with van der Waals surface area (Å²) in [6, 6.07) is 32.7. The van der Waals surface area contributed by atoms with Crippen molar-refractivity contribution in [1.29, 1.82) is 0 Å². The first-order chi connectivity index (χ1) is 20.5. The number of hydrogen-bond donors (Lipinski definition) is 2. The van der Waals surface area contributed by atoms with E-state index in [1.807, 2.05) is 84.9 Å². The van der Waals surface area contributed by atoms with Crippen LogP contribution in [-0.4, -0.2) is 28.8 Å². The van der Waals surface area contributed by atoms with E-state index in [0.29, 0.717) is 26.0 Å². The van der Waals surface area contributed by atoms with Crippen LogP contribution in [0.2, 0.25) is 0 Å². The average Bonchev–Trinajstić information content (AvgIpc) is 3.04. The van der Waals surface area contributed by atoms with Crippen LogP contribution in [0.1, 0.15) is 52.3 Å². The van der Waals surface area contributed by atoms with Crippen molar-refractivity contribution in [3.8, 4) is 5.75 Å². The largest absolute Gasteiger partial charge is 0.489 e. The van der Waals surface area contributed by atoms with Crippen molar-refractivity contribution in [2.24, 2.45) is 5.73 Å². The van der Waals surface area contributed by atoms with Crippen molar-refractivity contribution < 1.29 is 14.3 Å². The second-order valence-corrected chi connectivity index (χ2v) is 11.3. The molecule has 42 heavy (non-hydrogen) atoms. The third-order valence-corrected chi connectivity index (χ3v) is 8.46. The number of nitrogens with one attached hydrogen (secondary N) is 1. The molecule has 0 fully saturated rings. The highest BCUT2D eigenvalue weighted by Gasteiger charge is 2.37. The summed E-state index contributed by atoms with van der Waals surface area (Å²) in [5, 5.41) is 3.29. The van der Waals surface area contributed by atoms with E-state index in [0.717, 1.165) is 47.3 Å². The molecule has 0 radical (unpaired) electrons. The zero-order valence-corrected chi connectivity index (χ0v) is 23.7. The Kier molecular flexibility index (Phi) is 8.33. The Morgan fingerprint density at radius 1 is 0.833 bits per heavy atom. The first-order valence-electron chi connectivity index (χ1n) is 14.8. The van der Waals surface area contributed by atoms with Crippen LogP contribution in [0.25, 0.3) is 0 Å². The highest BCUT2D eigenvalue weighted by Crippen LogP contribution is 2.31. The van der Waals surface area contributed by atoms with Gasteiger partial charge in [-0.2, -0.15) is 0 Å². The molecule has 4 aromatic rings. The number of carbonyl (C=O) groups is 2. The topological polar surface area (TPSA) is 84.7 Å². The maximum absolute atomic E-state index is 13.8. The summed E-state index contributed by atoms with van der Waals surface area (Å²) < 4.78 is 5.90. The van der Waals surface area contributed by atoms with Crippen molar-refractivity contribution in [3.05, 3.63) is 137 Å². The zero-order valence-electron chi connectivity index (χ0n) is 23.7. The molecule has 6 rings (SSSR count). The number of benzene rings is 4. The molecule has 0 saturated heterocycles. The Labute approximate surface area is 247 Å². The van der Waals surface area contributed by atoms with Crippen LogP contribution in [0, 0.1) is 0 Å². The van der Waals surface area contributed by atoms with Crippen LogP contribution in [-0.2, 0) is 42.0 Å². The van der Waals surface area contributed by atoms with Gasteiger partial charge in [-0.1, -0.05) is 91.0 Å². The van der Waals surface area contributed by atoms with Gasteiger partial charge in [0.15, 0.2) is 0 Å². The van der Waals surface area contributed by atoms with E-state index >= 15 is 0 Å². The summed E-state index contributed by atoms with van der Waals surface area (Å²) in [4.78, 5) is 29.4. The lowest BCUT2D eigenvalue weighted by molar-refractivity contribution is -0.143. The van der Waals surface area contributed by atoms with Crippen molar-refractivity contribution in [2.45, 2.75) is 63.4 Å². The maximum atomic E-state index is 13.8. The normalized spacial score (nSPS) is 18.4. The zero-order chi connectivity index (χ0) is 28.9. The van der Waals surface area contributed by atoms with E-state index < -0.39 is 12.1 Å². The smallest absolute Gasteiger partial charge is 0.243 e. The molecule has 2 amide bonds. The number of amides is 2. The number of aryl methyl sites for hydroxylation is 1. The molecule has 214 valence electrons. The fourth-order valence-corrected chi connectivity index (χ4v) is 6.18. The quantitative estimate of drug-likeness (QED) is 0.308. The van der Waals surface area contributed by atoms with E-state index in [1.54, 1.807) is 4.90 Å². The maximum Gasteiger partial charge on any atom is 0.243 e. The van der Waals surface area contributed by atoms with Gasteiger partial charge in [0.25, 0.3) is 0 Å². The standard InChI is InChI=1S/C36H37N3O3/c37-32(21-25-17-19-30(20-18-25)42-24-26-9-2-1-3-10-26)36(41)39-23-29-13-5-4-12-28(29)22-34(39)35(40)38-33-16-8-14-27-11-6-7-15-31(27)33/h1-7,9-13,15,17-20,32-34H,8,14,16,21-24,37H2,(H,38,40)/t32-,33+,34-/m0/s1. The van der Waals surface area contributed by atoms with E-state index in [2.05, 4.69) is 23.5 Å². The number of ether oxygens (including phenoxy) is 1. The van der Waals surface area contributed by atoms with Crippen LogP contribution in [0.3, 0.4) is 0 Å². The Balaban J connectivity index is 1.14. The molecule has 6 nitrogen and oxygen atoms in total. The second-order valence-electron chi connectivity index (χ2n) is 11.3. The molecular weight excluding hydrogens is 522 g/mol. The van der Waals surface area contributed by atoms with Gasteiger partial charge < -0.3 is 20.7 Å². The molecule has 2 aliphatic rings. The summed E-state index contributed by atoms with van der Waals surface area (Å²) in [5.41, 5.74) is 13.2. The predicted octanol–water partition coefficient (Wildman–Crippen LogP) is 5.28. The number of hydrogen-bond acceptors (Lipinski definition) is 4. The van der Waals surface area contributed by atoms with Gasteiger partial charge in [-0.3, -0.25) is 9.59 Å². The fraction of sp³-hybridized carbons (Fsp3) is 0.278. The van der Waals surface area contributed by atoms with Crippen molar-refractivity contribution in [1.82, 2.24) is 10.2 Å². The van der Waals surface area contributed by atoms with E-state index in [-0.39, 0.29) is 17.9 Å². The molecular formula is C36H37N3O3. The second kappa shape index (κ2) is 12.6. The van der Waals surface area contributed by atoms with Gasteiger partial charge in [-0.15, -0.1) is 0 Å². The minimum Gasteiger partial charge on any atom is -0.489 e. The molecule has 0 unspecified atom stereocenters. The van der Waals surface area contributed by atoms with Crippen molar-refractivity contribution in [2.75, 3.05) is 0 Å². The summed E-state index contributed by atoms with van der Waals surface area (Å²) in [5.74, 6) is 0.431. The highest BCUT2D eigenvalue weighted by molar-refractivity contribution is 5.91. The average molecular weight is 560 g/mol. The van der Waals surface area contributed by atoms with Crippen LogP contribution in [0.4, 0.5) is 0 Å². The molecule has 0 aromatic heterocycles. The lowest BCUT2D eigenvalue weighted by Crippen LogP contribution is -2.57. The Hall–Kier alpha value is -4.42. The summed E-state index contributed by atoms with van der Waals surface area (Å²) in [6.07, 6.45) is 3.80. The van der Waals surface area contributed by atoms with Gasteiger partial charge in [-0.05, 0) is 71.2 Å². The monoisotopic (exact) mass is 559 g/mol. The van der Waals surface area contributed by atoms with Crippen LogP contribution in [0.15, 0.2) is 103 Å². The van der Waals surface area contributed by atoms with Gasteiger partial charge in [0.2, 0.25) is 11.8 Å². The summed E-state index contributed by atoms with van der Waals surface area (Å²) in [7, 11) is 0. The number of nitrogens with two attached hydrogens (primary N) is 1. The molecule has 1 aliphatic carbocycles. The summed E-state index contributed by atoms with van der Waals surface area (Å²) >= 11 is 0. The first-order valence-corrected chi connectivity index (χ1v) is 14.8. The SMILES string of the molecule is N[C@@H](Cc1ccc(OCc2ccccc2)cc1)C(=O)N1Cc2ccccc2C[C@H]1C(=O)N[C@@H]1CCCc2ccccc21. The lowest BCUT2D eigenvalue weighted by Gasteiger charge is -2.38. The molecule has 4 aromatic carbocycles. The van der Waals surface area contributed by atoms with Crippen LogP contribution in [0.5, 0.6) is 5.75 Å². The van der Waals surface area contributed by atoms with E-state index in [1.165, 1.54) is 11.1 Å². The van der Waals surface area contributed by atoms with Crippen LogP contribution < -0.4 is 15.8 Å². The minimum absolute atomic E-state index is 0.0483. The minimum atomic E-state index is -0.767. The van der Waals surface area contributed by atoms with Gasteiger partial charge in [0, 0.05) is 13.0 Å². The molecule has 0 bridgehead atoms. The first kappa shape index (κ1) is 27.7. The summed E-state index contributed by atoms with van der Waals surface area (Å²) in [6.45, 7) is 0.860. The van der Waals surface area contributed by atoms with Crippen molar-refractivity contribution >= 4 is 11.8 Å². The van der Waals surface area contributed by atoms with Gasteiger partial charge in [-0.25, -0.2) is 0 Å². The number of carbonyl (C=O) groups excluding carboxylic acids is 2. The molecule has 0 spiro atoms. The molecule has 1 aliphatic heterocycles. The Morgan fingerprint density at radius 2 is 1.52 bits per heavy atom. The predicted molar refractivity (Wildman–Crippen MR) is 164 cm³/mol. The molecule has 0 saturated carbocycles. The number of nitrogens with zero attached hydrogens (tertiary/aromatic N) is 1. The van der Waals surface area contributed by atoms with Gasteiger partial charge in [0.05, 0.1) is 12.1 Å². The molecule has 3 atom stereocenters. The fourth-order valence-electron chi connectivity index (χ4n) is 6.18. The van der Waals surface area contributed by atoms with Crippen molar-refractivity contribution in [3.63, 3.8) is 0 Å². The molecule has 3 N–H and O–H groups in total. The van der Waals surface area contributed by atoms with E-state index in [4.69, 9.17) is 10.5 Å². The third kappa shape index (κ3) is 6.24. The lowest BCUT2D eigenvalue weighted by atomic mass is 9.87. The van der Waals surface area contributed by atoms with E-state index in [9.17, 15) is 9.59 Å². The molecule has 1 heterocycles. The van der Waals surface area contributed by atoms with Gasteiger partial charge in [0.1, 0.15) is 18.4 Å². The highest BCUT2D eigenvalue weighted by atomic mass is 16.5. The third-order valence-electron chi connectivity index (χ3n) is 8.46. The number of rotatable bonds is 8.